The van der Waals surface area contributed by atoms with E-state index in [4.69, 9.17) is 9.84 Å². The van der Waals surface area contributed by atoms with E-state index >= 15 is 0 Å². The lowest BCUT2D eigenvalue weighted by atomic mass is 10.1. The van der Waals surface area contributed by atoms with Crippen molar-refractivity contribution in [1.29, 1.82) is 0 Å². The van der Waals surface area contributed by atoms with Gasteiger partial charge in [-0.05, 0) is 18.2 Å². The van der Waals surface area contributed by atoms with Gasteiger partial charge in [-0.1, -0.05) is 0 Å². The van der Waals surface area contributed by atoms with Gasteiger partial charge in [0.15, 0.2) is 0 Å². The van der Waals surface area contributed by atoms with Gasteiger partial charge in [0, 0.05) is 7.05 Å². The van der Waals surface area contributed by atoms with Crippen LogP contribution in [0.25, 0.3) is 0 Å². The van der Waals surface area contributed by atoms with Gasteiger partial charge in [0.2, 0.25) is 10.0 Å². The average Bonchev–Trinajstić information content (AvgIpc) is 2.89. The van der Waals surface area contributed by atoms with Gasteiger partial charge in [-0.25, -0.2) is 17.2 Å². The molecular formula is C12H13F2NO5S. The van der Waals surface area contributed by atoms with E-state index in [9.17, 15) is 22.0 Å². The van der Waals surface area contributed by atoms with Crippen LogP contribution in [0, 0.1) is 17.6 Å². The molecule has 0 spiro atoms. The minimum Gasteiger partial charge on any atom is -0.481 e. The van der Waals surface area contributed by atoms with Crippen LogP contribution in [0.4, 0.5) is 8.78 Å². The van der Waals surface area contributed by atoms with E-state index in [1.807, 2.05) is 0 Å². The number of hydrogen-bond acceptors (Lipinski definition) is 4. The average molecular weight is 321 g/mol. The number of carbonyl (C=O) groups is 1. The summed E-state index contributed by atoms with van der Waals surface area (Å²) >= 11 is 0. The van der Waals surface area contributed by atoms with Gasteiger partial charge >= 0.3 is 5.97 Å². The number of aliphatic carboxylic acids is 1. The van der Waals surface area contributed by atoms with Gasteiger partial charge in [-0.2, -0.15) is 4.31 Å². The van der Waals surface area contributed by atoms with Crippen LogP contribution in [0.3, 0.4) is 0 Å². The molecule has 2 unspecified atom stereocenters. The molecule has 0 bridgehead atoms. The molecule has 0 radical (unpaired) electrons. The Morgan fingerprint density at radius 1 is 1.38 bits per heavy atom. The Hall–Kier alpha value is -1.58. The molecule has 0 aromatic heterocycles. The maximum atomic E-state index is 13.6. The number of hydrogen-bond donors (Lipinski definition) is 1. The maximum Gasteiger partial charge on any atom is 0.310 e. The molecule has 1 N–H and O–H groups in total. The summed E-state index contributed by atoms with van der Waals surface area (Å²) in [6.45, 7) is -0.255. The highest BCUT2D eigenvalue weighted by atomic mass is 32.2. The van der Waals surface area contributed by atoms with Crippen LogP contribution in [0.15, 0.2) is 23.1 Å². The van der Waals surface area contributed by atoms with E-state index in [1.165, 1.54) is 0 Å². The molecule has 21 heavy (non-hydrogen) atoms. The summed E-state index contributed by atoms with van der Waals surface area (Å²) in [5.41, 5.74) is 0. The summed E-state index contributed by atoms with van der Waals surface area (Å²) in [5.74, 6) is -4.27. The van der Waals surface area contributed by atoms with Crippen molar-refractivity contribution >= 4 is 16.0 Å². The molecule has 0 amide bonds. The number of rotatable bonds is 4. The first-order valence-corrected chi connectivity index (χ1v) is 7.43. The number of carboxylic acids is 1. The zero-order valence-corrected chi connectivity index (χ0v) is 11.8. The van der Waals surface area contributed by atoms with Crippen molar-refractivity contribution in [3.8, 4) is 0 Å². The fourth-order valence-electron chi connectivity index (χ4n) is 2.15. The molecule has 1 aromatic rings. The number of likely N-dealkylation sites (N-methyl/N-ethyl adjacent to an activating group) is 1. The number of sulfonamides is 1. The zero-order chi connectivity index (χ0) is 15.8. The number of carboxylic acid groups (broad SMARTS) is 1. The van der Waals surface area contributed by atoms with E-state index in [-0.39, 0.29) is 13.2 Å². The molecule has 1 aliphatic heterocycles. The summed E-state index contributed by atoms with van der Waals surface area (Å²) in [5, 5.41) is 9.03. The van der Waals surface area contributed by atoms with Gasteiger partial charge in [0.05, 0.1) is 25.2 Å². The number of ether oxygens (including phenoxy) is 1. The molecule has 2 rings (SSSR count). The van der Waals surface area contributed by atoms with E-state index in [0.717, 1.165) is 17.4 Å². The van der Waals surface area contributed by atoms with Gasteiger partial charge in [-0.15, -0.1) is 0 Å². The molecular weight excluding hydrogens is 308 g/mol. The van der Waals surface area contributed by atoms with Crippen molar-refractivity contribution in [3.63, 3.8) is 0 Å². The van der Waals surface area contributed by atoms with Crippen LogP contribution < -0.4 is 0 Å². The molecule has 1 aliphatic rings. The third-order valence-electron chi connectivity index (χ3n) is 3.39. The van der Waals surface area contributed by atoms with Gasteiger partial charge in [-0.3, -0.25) is 4.79 Å². The lowest BCUT2D eigenvalue weighted by molar-refractivity contribution is -0.142. The van der Waals surface area contributed by atoms with Crippen molar-refractivity contribution < 1.29 is 31.8 Å². The number of halogens is 2. The lowest BCUT2D eigenvalue weighted by Gasteiger charge is -2.25. The van der Waals surface area contributed by atoms with Crippen LogP contribution in [-0.2, 0) is 19.6 Å². The standard InChI is InChI=1S/C12H13F2NO5S/c1-15(10-6-20-5-8(10)12(16)17)21(18,19)11-4-7(13)2-3-9(11)14/h2-4,8,10H,5-6H2,1H3,(H,16,17). The Morgan fingerprint density at radius 3 is 2.67 bits per heavy atom. The molecule has 9 heteroatoms. The first-order chi connectivity index (χ1) is 9.75. The second kappa shape index (κ2) is 5.66. The lowest BCUT2D eigenvalue weighted by Crippen LogP contribution is -2.44. The van der Waals surface area contributed by atoms with E-state index < -0.39 is 44.5 Å². The molecule has 2 atom stereocenters. The molecule has 0 aliphatic carbocycles. The Morgan fingerprint density at radius 2 is 2.05 bits per heavy atom. The Labute approximate surface area is 120 Å². The van der Waals surface area contributed by atoms with Crippen LogP contribution in [0.1, 0.15) is 0 Å². The minimum atomic E-state index is -4.37. The molecule has 116 valence electrons. The fourth-order valence-corrected chi connectivity index (χ4v) is 3.60. The van der Waals surface area contributed by atoms with Crippen LogP contribution in [0.2, 0.25) is 0 Å². The first kappa shape index (κ1) is 15.8. The number of benzene rings is 1. The second-order valence-electron chi connectivity index (χ2n) is 4.65. The smallest absolute Gasteiger partial charge is 0.310 e. The third-order valence-corrected chi connectivity index (χ3v) is 5.28. The SMILES string of the molecule is CN(C1COCC1C(=O)O)S(=O)(=O)c1cc(F)ccc1F. The summed E-state index contributed by atoms with van der Waals surface area (Å²) in [7, 11) is -3.25. The van der Waals surface area contributed by atoms with Crippen LogP contribution in [-0.4, -0.2) is 50.1 Å². The summed E-state index contributed by atoms with van der Waals surface area (Å²) < 4.78 is 57.2. The van der Waals surface area contributed by atoms with Gasteiger partial charge in [0.25, 0.3) is 0 Å². The van der Waals surface area contributed by atoms with E-state index in [1.54, 1.807) is 0 Å². The zero-order valence-electron chi connectivity index (χ0n) is 11.0. The Bertz CT molecular complexity index is 664. The molecule has 1 heterocycles. The predicted octanol–water partition coefficient (Wildman–Crippen LogP) is 0.685. The molecule has 0 saturated carbocycles. The number of nitrogens with zero attached hydrogens (tertiary/aromatic N) is 1. The first-order valence-electron chi connectivity index (χ1n) is 5.99. The van der Waals surface area contributed by atoms with E-state index in [2.05, 4.69) is 0 Å². The normalized spacial score (nSPS) is 22.7. The van der Waals surface area contributed by atoms with Gasteiger partial charge < -0.3 is 9.84 Å². The predicted molar refractivity (Wildman–Crippen MR) is 67.0 cm³/mol. The molecule has 1 saturated heterocycles. The topological polar surface area (TPSA) is 83.9 Å². The largest absolute Gasteiger partial charge is 0.481 e. The van der Waals surface area contributed by atoms with Crippen LogP contribution in [0.5, 0.6) is 0 Å². The molecule has 6 nitrogen and oxygen atoms in total. The summed E-state index contributed by atoms with van der Waals surface area (Å²) in [6, 6.07) is 1.09. The monoisotopic (exact) mass is 321 g/mol. The minimum absolute atomic E-state index is 0.121. The van der Waals surface area contributed by atoms with Crippen molar-refractivity contribution in [2.24, 2.45) is 5.92 Å². The highest BCUT2D eigenvalue weighted by Gasteiger charge is 2.42. The van der Waals surface area contributed by atoms with Crippen molar-refractivity contribution in [3.05, 3.63) is 29.8 Å². The maximum absolute atomic E-state index is 13.6. The third kappa shape index (κ3) is 2.89. The van der Waals surface area contributed by atoms with Crippen LogP contribution >= 0.6 is 0 Å². The Balaban J connectivity index is 2.39. The molecule has 1 fully saturated rings. The van der Waals surface area contributed by atoms with E-state index in [0.29, 0.717) is 12.1 Å². The Kier molecular flexibility index (Phi) is 4.26. The fraction of sp³-hybridized carbons (Fsp3) is 0.417. The summed E-state index contributed by atoms with van der Waals surface area (Å²) in [4.78, 5) is 10.2. The molecule has 1 aromatic carbocycles. The van der Waals surface area contributed by atoms with Crippen molar-refractivity contribution in [1.82, 2.24) is 4.31 Å². The van der Waals surface area contributed by atoms with Crippen molar-refractivity contribution in [2.45, 2.75) is 10.9 Å². The highest BCUT2D eigenvalue weighted by molar-refractivity contribution is 7.89. The van der Waals surface area contributed by atoms with Crippen molar-refractivity contribution in [2.75, 3.05) is 20.3 Å². The summed E-state index contributed by atoms with van der Waals surface area (Å²) in [6.07, 6.45) is 0. The second-order valence-corrected chi connectivity index (χ2v) is 6.61. The van der Waals surface area contributed by atoms with Gasteiger partial charge in [0.1, 0.15) is 16.5 Å². The quantitative estimate of drug-likeness (QED) is 0.882. The highest BCUT2D eigenvalue weighted by Crippen LogP contribution is 2.26.